The Bertz CT molecular complexity index is 333. The van der Waals surface area contributed by atoms with E-state index in [0.717, 1.165) is 0 Å². The summed E-state index contributed by atoms with van der Waals surface area (Å²) in [7, 11) is 0. The maximum absolute atomic E-state index is 11.0. The van der Waals surface area contributed by atoms with Crippen LogP contribution in [0.4, 0.5) is 0 Å². The summed E-state index contributed by atoms with van der Waals surface area (Å²) in [4.78, 5) is 47.9. The smallest absolute Gasteiger partial charge is 0.417 e. The van der Waals surface area contributed by atoms with Gasteiger partial charge in [0.15, 0.2) is 0 Å². The molecule has 0 N–H and O–H groups in total. The third-order valence-electron chi connectivity index (χ3n) is 1.59. The minimum atomic E-state index is -1.11. The second-order valence-electron chi connectivity index (χ2n) is 2.92. The van der Waals surface area contributed by atoms with E-state index in [2.05, 4.69) is 19.5 Å². The largest absolute Gasteiger partial charge is 0.457 e. The minimum absolute atomic E-state index is 0.0332. The third-order valence-corrected chi connectivity index (χ3v) is 1.59. The van der Waals surface area contributed by atoms with E-state index in [4.69, 9.17) is 0 Å². The first kappa shape index (κ1) is 15.7. The molecule has 0 rings (SSSR count). The molecule has 0 aliphatic rings. The van der Waals surface area contributed by atoms with Gasteiger partial charge in [-0.1, -0.05) is 0 Å². The summed E-state index contributed by atoms with van der Waals surface area (Å²) in [6, 6.07) is 0. The lowest BCUT2D eigenvalue weighted by Crippen LogP contribution is -2.21. The van der Waals surface area contributed by atoms with Crippen LogP contribution in [0.5, 0.6) is 0 Å². The van der Waals surface area contributed by atoms with Crippen molar-refractivity contribution in [2.75, 3.05) is 26.3 Å². The molecule has 0 aromatic carbocycles. The Labute approximate surface area is 103 Å². The van der Waals surface area contributed by atoms with Gasteiger partial charge in [0.05, 0.1) is 26.3 Å². The first-order valence-corrected chi connectivity index (χ1v) is 5.13. The summed E-state index contributed by atoms with van der Waals surface area (Å²) in [6.07, 6.45) is 3.30. The lowest BCUT2D eigenvalue weighted by atomic mass is 10.4. The van der Waals surface area contributed by atoms with Crippen molar-refractivity contribution in [3.8, 4) is 0 Å². The fourth-order valence-corrected chi connectivity index (χ4v) is 0.826. The standard InChI is InChI=1S/C10H12N2O6/c13-7-11-3-1-5-17-9(15)10(16)18-6-2-4-12-8-14/h1-6H2. The molecule has 0 saturated carbocycles. The Morgan fingerprint density at radius 1 is 0.833 bits per heavy atom. The van der Waals surface area contributed by atoms with E-state index >= 15 is 0 Å². The van der Waals surface area contributed by atoms with Crippen molar-refractivity contribution >= 4 is 24.1 Å². The molecule has 0 aromatic rings. The van der Waals surface area contributed by atoms with Gasteiger partial charge < -0.3 is 9.47 Å². The van der Waals surface area contributed by atoms with Crippen LogP contribution in [0.3, 0.4) is 0 Å². The van der Waals surface area contributed by atoms with Gasteiger partial charge in [-0.2, -0.15) is 0 Å². The number of rotatable bonds is 8. The van der Waals surface area contributed by atoms with E-state index in [-0.39, 0.29) is 26.3 Å². The number of carbonyl (C=O) groups is 2. The molecule has 0 saturated heterocycles. The fraction of sp³-hybridized carbons (Fsp3) is 0.600. The van der Waals surface area contributed by atoms with E-state index in [9.17, 15) is 19.2 Å². The predicted molar refractivity (Wildman–Crippen MR) is 57.1 cm³/mol. The number of isocyanates is 2. The van der Waals surface area contributed by atoms with Crippen LogP contribution in [-0.2, 0) is 28.7 Å². The Morgan fingerprint density at radius 3 is 1.56 bits per heavy atom. The molecular weight excluding hydrogens is 244 g/mol. The van der Waals surface area contributed by atoms with E-state index < -0.39 is 11.9 Å². The molecule has 0 bridgehead atoms. The molecule has 0 amide bonds. The monoisotopic (exact) mass is 256 g/mol. The normalized spacial score (nSPS) is 8.67. The van der Waals surface area contributed by atoms with Crippen molar-refractivity contribution in [3.63, 3.8) is 0 Å². The van der Waals surface area contributed by atoms with Crippen molar-refractivity contribution < 1.29 is 28.7 Å². The highest BCUT2D eigenvalue weighted by atomic mass is 16.6. The van der Waals surface area contributed by atoms with Crippen LogP contribution >= 0.6 is 0 Å². The molecule has 0 unspecified atom stereocenters. The first-order chi connectivity index (χ1) is 8.72. The quantitative estimate of drug-likeness (QED) is 0.191. The van der Waals surface area contributed by atoms with Gasteiger partial charge in [-0.15, -0.1) is 0 Å². The van der Waals surface area contributed by atoms with Gasteiger partial charge in [0.25, 0.3) is 0 Å². The lowest BCUT2D eigenvalue weighted by Gasteiger charge is -2.03. The fourth-order valence-electron chi connectivity index (χ4n) is 0.826. The molecule has 0 aliphatic heterocycles. The summed E-state index contributed by atoms with van der Waals surface area (Å²) in [5.74, 6) is -2.21. The van der Waals surface area contributed by atoms with Gasteiger partial charge in [0.2, 0.25) is 12.2 Å². The van der Waals surface area contributed by atoms with Gasteiger partial charge in [0, 0.05) is 12.8 Å². The van der Waals surface area contributed by atoms with Crippen molar-refractivity contribution in [1.29, 1.82) is 0 Å². The number of ether oxygens (including phenoxy) is 2. The van der Waals surface area contributed by atoms with E-state index in [1.54, 1.807) is 0 Å². The van der Waals surface area contributed by atoms with Gasteiger partial charge >= 0.3 is 11.9 Å². The molecule has 0 heterocycles. The molecule has 18 heavy (non-hydrogen) atoms. The average Bonchev–Trinajstić information content (AvgIpc) is 2.37. The van der Waals surface area contributed by atoms with E-state index in [0.29, 0.717) is 12.8 Å². The summed E-state index contributed by atoms with van der Waals surface area (Å²) in [6.45, 7) is 0.286. The average molecular weight is 256 g/mol. The second-order valence-corrected chi connectivity index (χ2v) is 2.92. The molecule has 0 spiro atoms. The van der Waals surface area contributed by atoms with Crippen LogP contribution in [0.2, 0.25) is 0 Å². The zero-order valence-corrected chi connectivity index (χ0v) is 9.59. The highest BCUT2D eigenvalue weighted by molar-refractivity contribution is 6.29. The van der Waals surface area contributed by atoms with Crippen molar-refractivity contribution in [3.05, 3.63) is 0 Å². The van der Waals surface area contributed by atoms with Crippen LogP contribution in [-0.4, -0.2) is 50.4 Å². The van der Waals surface area contributed by atoms with Crippen LogP contribution in [0.1, 0.15) is 12.8 Å². The zero-order valence-electron chi connectivity index (χ0n) is 9.59. The van der Waals surface area contributed by atoms with Gasteiger partial charge in [0.1, 0.15) is 0 Å². The van der Waals surface area contributed by atoms with Crippen molar-refractivity contribution in [2.24, 2.45) is 9.98 Å². The van der Waals surface area contributed by atoms with Gasteiger partial charge in [-0.25, -0.2) is 29.2 Å². The first-order valence-electron chi connectivity index (χ1n) is 5.13. The number of nitrogens with zero attached hydrogens (tertiary/aromatic N) is 2. The van der Waals surface area contributed by atoms with Crippen LogP contribution in [0.25, 0.3) is 0 Å². The van der Waals surface area contributed by atoms with E-state index in [1.807, 2.05) is 0 Å². The SMILES string of the molecule is O=C=NCCCOC(=O)C(=O)OCCCN=C=O. The number of carbonyl (C=O) groups excluding carboxylic acids is 4. The summed E-state index contributed by atoms with van der Waals surface area (Å²) < 4.78 is 9.08. The molecule has 0 aliphatic carbocycles. The molecule has 8 nitrogen and oxygen atoms in total. The number of esters is 2. The van der Waals surface area contributed by atoms with Crippen LogP contribution in [0.15, 0.2) is 9.98 Å². The Morgan fingerprint density at radius 2 is 1.22 bits per heavy atom. The van der Waals surface area contributed by atoms with E-state index in [1.165, 1.54) is 12.2 Å². The Balaban J connectivity index is 3.59. The van der Waals surface area contributed by atoms with Crippen molar-refractivity contribution in [2.45, 2.75) is 12.8 Å². The molecule has 98 valence electrons. The summed E-state index contributed by atoms with van der Waals surface area (Å²) >= 11 is 0. The lowest BCUT2D eigenvalue weighted by molar-refractivity contribution is -0.167. The molecular formula is C10H12N2O6. The summed E-state index contributed by atoms with van der Waals surface area (Å²) in [5, 5.41) is 0. The molecule has 8 heteroatoms. The van der Waals surface area contributed by atoms with Crippen LogP contribution < -0.4 is 0 Å². The van der Waals surface area contributed by atoms with Crippen molar-refractivity contribution in [1.82, 2.24) is 0 Å². The highest BCUT2D eigenvalue weighted by Gasteiger charge is 2.16. The maximum Gasteiger partial charge on any atom is 0.417 e. The minimum Gasteiger partial charge on any atom is -0.457 e. The highest BCUT2D eigenvalue weighted by Crippen LogP contribution is 1.90. The third kappa shape index (κ3) is 8.96. The molecule has 0 aromatic heterocycles. The van der Waals surface area contributed by atoms with Crippen LogP contribution in [0, 0.1) is 0 Å². The summed E-state index contributed by atoms with van der Waals surface area (Å²) in [5.41, 5.74) is 0. The predicted octanol–water partition coefficient (Wildman–Crippen LogP) is -0.475. The Kier molecular flexibility index (Phi) is 9.76. The zero-order chi connectivity index (χ0) is 13.6. The van der Waals surface area contributed by atoms with Gasteiger partial charge in [-0.05, 0) is 0 Å². The maximum atomic E-state index is 11.0. The number of aliphatic imine (C=N–C) groups is 2. The Hall–Kier alpha value is -2.30. The number of hydrogen-bond donors (Lipinski definition) is 0. The second kappa shape index (κ2) is 11.2. The molecule has 0 fully saturated rings. The van der Waals surface area contributed by atoms with Gasteiger partial charge in [-0.3, -0.25) is 0 Å². The number of hydrogen-bond acceptors (Lipinski definition) is 8. The molecule has 0 radical (unpaired) electrons. The molecule has 0 atom stereocenters. The topological polar surface area (TPSA) is 111 Å².